The minimum absolute atomic E-state index is 0.677. The van der Waals surface area contributed by atoms with Crippen LogP contribution in [0, 0.1) is 0 Å². The van der Waals surface area contributed by atoms with E-state index in [0.717, 1.165) is 76.1 Å². The van der Waals surface area contributed by atoms with E-state index in [-0.39, 0.29) is 0 Å². The van der Waals surface area contributed by atoms with Crippen LogP contribution in [0.1, 0.15) is 12.0 Å². The molecule has 0 fully saturated rings. The summed E-state index contributed by atoms with van der Waals surface area (Å²) in [5, 5.41) is 17.5. The van der Waals surface area contributed by atoms with Crippen LogP contribution in [0.2, 0.25) is 0 Å². The van der Waals surface area contributed by atoms with E-state index < -0.39 is 0 Å². The maximum atomic E-state index is 4.92. The molecule has 35 heavy (non-hydrogen) atoms. The van der Waals surface area contributed by atoms with Gasteiger partial charge in [0.2, 0.25) is 0 Å². The highest BCUT2D eigenvalue weighted by atomic mass is 15.4. The van der Waals surface area contributed by atoms with E-state index in [1.54, 1.807) is 12.4 Å². The zero-order valence-corrected chi connectivity index (χ0v) is 19.1. The molecule has 0 amide bonds. The second-order valence-electron chi connectivity index (χ2n) is 9.04. The monoisotopic (exact) mass is 462 g/mol. The number of hydrogen-bond acceptors (Lipinski definition) is 7. The van der Waals surface area contributed by atoms with Crippen molar-refractivity contribution in [3.63, 3.8) is 0 Å². The van der Waals surface area contributed by atoms with Gasteiger partial charge in [0, 0.05) is 48.2 Å². The van der Waals surface area contributed by atoms with Crippen LogP contribution in [-0.4, -0.2) is 63.6 Å². The topological polar surface area (TPSA) is 117 Å². The Morgan fingerprint density at radius 3 is 2.86 bits per heavy atom. The van der Waals surface area contributed by atoms with Crippen molar-refractivity contribution in [1.82, 2.24) is 50.0 Å². The highest BCUT2D eigenvalue weighted by Gasteiger charge is 2.18. The molecule has 6 heterocycles. The number of aromatic nitrogens is 9. The minimum atomic E-state index is 0.677. The fourth-order valence-corrected chi connectivity index (χ4v) is 4.76. The van der Waals surface area contributed by atoms with E-state index in [4.69, 9.17) is 4.98 Å². The molecule has 6 aromatic rings. The first-order valence-corrected chi connectivity index (χ1v) is 11.6. The molecule has 1 aromatic carbocycles. The van der Waals surface area contributed by atoms with Crippen LogP contribution in [0.5, 0.6) is 0 Å². The largest absolute Gasteiger partial charge is 0.335 e. The average molecular weight is 463 g/mol. The van der Waals surface area contributed by atoms with Gasteiger partial charge in [-0.1, -0.05) is 11.3 Å². The lowest BCUT2D eigenvalue weighted by atomic mass is 10.0. The summed E-state index contributed by atoms with van der Waals surface area (Å²) in [6, 6.07) is 8.50. The van der Waals surface area contributed by atoms with Gasteiger partial charge in [-0.25, -0.2) is 4.98 Å². The molecule has 10 nitrogen and oxygen atoms in total. The lowest BCUT2D eigenvalue weighted by Gasteiger charge is -2.17. The lowest BCUT2D eigenvalue weighted by molar-refractivity contribution is 0.310. The molecule has 0 atom stereocenters. The first-order valence-electron chi connectivity index (χ1n) is 11.6. The van der Waals surface area contributed by atoms with Crippen molar-refractivity contribution in [1.29, 1.82) is 0 Å². The van der Waals surface area contributed by atoms with Crippen LogP contribution in [0.15, 0.2) is 55.2 Å². The second kappa shape index (κ2) is 7.81. The minimum Gasteiger partial charge on any atom is -0.335 e. The zero-order valence-electron chi connectivity index (χ0n) is 19.1. The van der Waals surface area contributed by atoms with E-state index in [0.29, 0.717) is 5.82 Å². The number of benzene rings is 1. The Labute approximate surface area is 200 Å². The van der Waals surface area contributed by atoms with Crippen molar-refractivity contribution < 1.29 is 0 Å². The predicted molar refractivity (Wildman–Crippen MR) is 132 cm³/mol. The van der Waals surface area contributed by atoms with Gasteiger partial charge in [-0.15, -0.1) is 5.10 Å². The van der Waals surface area contributed by atoms with Crippen molar-refractivity contribution in [2.24, 2.45) is 0 Å². The van der Waals surface area contributed by atoms with Crippen LogP contribution in [0.25, 0.3) is 55.8 Å². The fraction of sp³-hybridized carbons (Fsp3) is 0.200. The Morgan fingerprint density at radius 1 is 0.943 bits per heavy atom. The summed E-state index contributed by atoms with van der Waals surface area (Å²) in [5.74, 6) is 0.677. The molecule has 5 aromatic heterocycles. The molecular weight excluding hydrogens is 440 g/mol. The number of H-pyrrole nitrogens is 2. The molecule has 1 aliphatic rings. The van der Waals surface area contributed by atoms with Crippen molar-refractivity contribution >= 4 is 21.9 Å². The van der Waals surface area contributed by atoms with Crippen molar-refractivity contribution in [3.05, 3.63) is 60.8 Å². The van der Waals surface area contributed by atoms with E-state index in [1.807, 2.05) is 23.3 Å². The summed E-state index contributed by atoms with van der Waals surface area (Å²) < 4.78 is 1.88. The van der Waals surface area contributed by atoms with Crippen molar-refractivity contribution in [2.45, 2.75) is 19.5 Å². The van der Waals surface area contributed by atoms with Crippen molar-refractivity contribution in [3.8, 4) is 33.9 Å². The molecule has 2 N–H and O–H groups in total. The van der Waals surface area contributed by atoms with E-state index in [9.17, 15) is 0 Å². The van der Waals surface area contributed by atoms with Gasteiger partial charge < -0.3 is 9.88 Å². The normalized spacial score (nSPS) is 14.4. The highest BCUT2D eigenvalue weighted by molar-refractivity contribution is 5.97. The molecule has 8 bridgehead atoms. The Kier molecular flexibility index (Phi) is 4.46. The van der Waals surface area contributed by atoms with Gasteiger partial charge >= 0.3 is 0 Å². The molecule has 10 heteroatoms. The number of nitrogens with zero attached hydrogens (tertiary/aromatic N) is 8. The molecule has 0 aliphatic carbocycles. The molecule has 172 valence electrons. The Morgan fingerprint density at radius 2 is 1.89 bits per heavy atom. The first-order chi connectivity index (χ1) is 17.2. The van der Waals surface area contributed by atoms with Crippen LogP contribution in [-0.2, 0) is 13.1 Å². The van der Waals surface area contributed by atoms with Gasteiger partial charge in [-0.05, 0) is 49.3 Å². The summed E-state index contributed by atoms with van der Waals surface area (Å²) in [5.41, 5.74) is 8.26. The zero-order chi connectivity index (χ0) is 23.4. The molecule has 7 rings (SSSR count). The van der Waals surface area contributed by atoms with Gasteiger partial charge in [-0.2, -0.15) is 5.10 Å². The SMILES string of the molecule is CN1CCCn2cc(nn2)-c2cncc3[nH]c(nc23)-c2n[nH]c3ccc(cc23)-c2cncc(c2)C1. The molecule has 0 saturated heterocycles. The van der Waals surface area contributed by atoms with E-state index >= 15 is 0 Å². The third-order valence-electron chi connectivity index (χ3n) is 6.50. The average Bonchev–Trinajstić information content (AvgIpc) is 3.61. The Bertz CT molecular complexity index is 1690. The highest BCUT2D eigenvalue weighted by Crippen LogP contribution is 2.32. The maximum Gasteiger partial charge on any atom is 0.159 e. The smallest absolute Gasteiger partial charge is 0.159 e. The fourth-order valence-electron chi connectivity index (χ4n) is 4.76. The number of fused-ring (bicyclic) bond motifs is 9. The Hall–Kier alpha value is -4.44. The van der Waals surface area contributed by atoms with E-state index in [2.05, 4.69) is 71.7 Å². The third-order valence-corrected chi connectivity index (χ3v) is 6.50. The summed E-state index contributed by atoms with van der Waals surface area (Å²) in [7, 11) is 2.13. The van der Waals surface area contributed by atoms with Crippen LogP contribution >= 0.6 is 0 Å². The van der Waals surface area contributed by atoms with Crippen LogP contribution in [0.4, 0.5) is 0 Å². The third kappa shape index (κ3) is 3.46. The number of aromatic amines is 2. The van der Waals surface area contributed by atoms with Gasteiger partial charge in [0.05, 0.1) is 23.4 Å². The molecule has 0 saturated carbocycles. The van der Waals surface area contributed by atoms with Crippen LogP contribution < -0.4 is 0 Å². The maximum absolute atomic E-state index is 4.92. The number of pyridine rings is 2. The lowest BCUT2D eigenvalue weighted by Crippen LogP contribution is -2.20. The summed E-state index contributed by atoms with van der Waals surface area (Å²) >= 11 is 0. The molecule has 0 unspecified atom stereocenters. The van der Waals surface area contributed by atoms with Gasteiger partial charge in [0.1, 0.15) is 16.9 Å². The molecule has 0 spiro atoms. The number of hydrogen-bond donors (Lipinski definition) is 2. The van der Waals surface area contributed by atoms with Crippen molar-refractivity contribution in [2.75, 3.05) is 13.6 Å². The number of imidazole rings is 1. The quantitative estimate of drug-likeness (QED) is 0.354. The standard InChI is InChI=1S/C25H22N10/c1-34-5-2-6-35-14-22(31-33-35)19-11-27-12-21-23(19)29-25(28-21)24-18-8-16(3-4-20(18)30-32-24)17-7-15(13-34)9-26-10-17/h3-4,7-12,14H,2,5-6,13H2,1H3,(H,28,29)(H,30,32). The van der Waals surface area contributed by atoms with Gasteiger partial charge in [0.15, 0.2) is 5.82 Å². The number of aryl methyl sites for hydroxylation is 1. The second-order valence-corrected chi connectivity index (χ2v) is 9.04. The molecular formula is C25H22N10. The molecule has 0 radical (unpaired) electrons. The first kappa shape index (κ1) is 20.0. The van der Waals surface area contributed by atoms with E-state index in [1.165, 1.54) is 5.56 Å². The summed E-state index contributed by atoms with van der Waals surface area (Å²) in [6.45, 7) is 2.54. The Balaban J connectivity index is 1.43. The van der Waals surface area contributed by atoms with Crippen LogP contribution in [0.3, 0.4) is 0 Å². The number of rotatable bonds is 0. The summed E-state index contributed by atoms with van der Waals surface area (Å²) in [6.07, 6.45) is 10.3. The van der Waals surface area contributed by atoms with Gasteiger partial charge in [0.25, 0.3) is 0 Å². The number of nitrogens with one attached hydrogen (secondary N) is 2. The van der Waals surface area contributed by atoms with Gasteiger partial charge in [-0.3, -0.25) is 19.7 Å². The molecule has 1 aliphatic heterocycles. The predicted octanol–water partition coefficient (Wildman–Crippen LogP) is 3.66. The summed E-state index contributed by atoms with van der Waals surface area (Å²) in [4.78, 5) is 19.5.